The van der Waals surface area contributed by atoms with Gasteiger partial charge in [0.05, 0.1) is 19.1 Å². The van der Waals surface area contributed by atoms with Crippen LogP contribution >= 0.6 is 0 Å². The van der Waals surface area contributed by atoms with Crippen molar-refractivity contribution in [2.45, 2.75) is 58.3 Å². The van der Waals surface area contributed by atoms with E-state index in [1.165, 1.54) is 10.1 Å². The quantitative estimate of drug-likeness (QED) is 0.470. The highest BCUT2D eigenvalue weighted by Gasteiger charge is 2.35. The van der Waals surface area contributed by atoms with Crippen LogP contribution in [0.2, 0.25) is 0 Å². The van der Waals surface area contributed by atoms with Gasteiger partial charge in [0.25, 0.3) is 5.56 Å². The van der Waals surface area contributed by atoms with Gasteiger partial charge in [0.1, 0.15) is 11.4 Å². The lowest BCUT2D eigenvalue weighted by Crippen LogP contribution is -2.53. The molecule has 39 heavy (non-hydrogen) atoms. The van der Waals surface area contributed by atoms with E-state index in [4.69, 9.17) is 5.73 Å². The van der Waals surface area contributed by atoms with E-state index in [0.29, 0.717) is 26.1 Å². The van der Waals surface area contributed by atoms with Crippen LogP contribution in [0.4, 0.5) is 5.82 Å². The van der Waals surface area contributed by atoms with Crippen LogP contribution in [0.25, 0.3) is 0 Å². The van der Waals surface area contributed by atoms with Gasteiger partial charge in [0, 0.05) is 19.6 Å². The topological polar surface area (TPSA) is 111 Å². The third-order valence-electron chi connectivity index (χ3n) is 7.93. The van der Waals surface area contributed by atoms with E-state index >= 15 is 0 Å². The van der Waals surface area contributed by atoms with Crippen molar-refractivity contribution in [3.05, 3.63) is 97.7 Å². The summed E-state index contributed by atoms with van der Waals surface area (Å²) < 4.78 is 2.34. The zero-order valence-electron chi connectivity index (χ0n) is 22.3. The second kappa shape index (κ2) is 11.4. The first kappa shape index (κ1) is 26.6. The van der Waals surface area contributed by atoms with Gasteiger partial charge in [0.15, 0.2) is 5.78 Å². The first-order valence-electron chi connectivity index (χ1n) is 13.7. The molecule has 1 saturated heterocycles. The molecule has 0 aliphatic carbocycles. The Morgan fingerprint density at radius 3 is 2.38 bits per heavy atom. The number of ketones is 1. The fourth-order valence-corrected chi connectivity index (χ4v) is 5.79. The molecule has 2 N–H and O–H groups in total. The Morgan fingerprint density at radius 1 is 0.923 bits per heavy atom. The second-order valence-electron chi connectivity index (χ2n) is 10.3. The van der Waals surface area contributed by atoms with Crippen LogP contribution in [-0.2, 0) is 30.8 Å². The third-order valence-corrected chi connectivity index (χ3v) is 7.93. The number of anilines is 1. The Kier molecular flexibility index (Phi) is 7.79. The number of nitrogens with zero attached hydrogens (tertiary/aromatic N) is 4. The normalized spacial score (nSPS) is 17.6. The molecular formula is C30H35N5O4. The van der Waals surface area contributed by atoms with Crippen molar-refractivity contribution >= 4 is 17.5 Å². The Labute approximate surface area is 227 Å². The molecule has 204 valence electrons. The van der Waals surface area contributed by atoms with Gasteiger partial charge in [-0.1, -0.05) is 61.0 Å². The minimum Gasteiger partial charge on any atom is -0.384 e. The minimum absolute atomic E-state index is 0.0185. The van der Waals surface area contributed by atoms with Gasteiger partial charge in [0.2, 0.25) is 5.91 Å². The van der Waals surface area contributed by atoms with Crippen LogP contribution in [-0.4, -0.2) is 56.3 Å². The molecule has 1 atom stereocenters. The van der Waals surface area contributed by atoms with E-state index in [1.807, 2.05) is 52.3 Å². The molecule has 0 bridgehead atoms. The lowest BCUT2D eigenvalue weighted by molar-refractivity contribution is -0.139. The van der Waals surface area contributed by atoms with Gasteiger partial charge >= 0.3 is 5.69 Å². The molecule has 0 spiro atoms. The van der Waals surface area contributed by atoms with Crippen molar-refractivity contribution < 1.29 is 9.59 Å². The van der Waals surface area contributed by atoms with Crippen molar-refractivity contribution in [3.63, 3.8) is 0 Å². The van der Waals surface area contributed by atoms with Gasteiger partial charge in [-0.15, -0.1) is 0 Å². The number of rotatable bonds is 7. The standard InChI is InChI=1S/C30H35N5O4/c1-2-34-29(38)26(27(31)35(30(34)39)18-21-10-4-3-5-11-21)25(36)20-32-16-9-8-14-24(32)28(37)33-17-15-22-12-6-7-13-23(22)19-33/h3-7,10-13,24H,2,8-9,14-20,31H2,1H3/t24-/m1/s1. The number of amides is 1. The number of hydrogen-bond acceptors (Lipinski definition) is 6. The summed E-state index contributed by atoms with van der Waals surface area (Å²) in [6.07, 6.45) is 3.23. The number of likely N-dealkylation sites (tertiary alicyclic amines) is 1. The summed E-state index contributed by atoms with van der Waals surface area (Å²) >= 11 is 0. The first-order valence-corrected chi connectivity index (χ1v) is 13.7. The molecule has 9 heteroatoms. The minimum atomic E-state index is -0.679. The molecule has 0 unspecified atom stereocenters. The summed E-state index contributed by atoms with van der Waals surface area (Å²) in [6.45, 7) is 3.64. The first-order chi connectivity index (χ1) is 18.9. The van der Waals surface area contributed by atoms with Crippen LogP contribution in [0.5, 0.6) is 0 Å². The zero-order chi connectivity index (χ0) is 27.5. The Morgan fingerprint density at radius 2 is 1.64 bits per heavy atom. The molecule has 2 aromatic carbocycles. The molecule has 3 heterocycles. The average molecular weight is 530 g/mol. The van der Waals surface area contributed by atoms with E-state index in [-0.39, 0.29) is 36.9 Å². The largest absolute Gasteiger partial charge is 0.384 e. The number of hydrogen-bond donors (Lipinski definition) is 1. The van der Waals surface area contributed by atoms with Crippen LogP contribution in [0.3, 0.4) is 0 Å². The van der Waals surface area contributed by atoms with Crippen LogP contribution in [0.1, 0.15) is 53.2 Å². The number of nitrogen functional groups attached to an aromatic ring is 1. The summed E-state index contributed by atoms with van der Waals surface area (Å²) in [5, 5.41) is 0. The number of carbonyl (C=O) groups is 2. The van der Waals surface area contributed by atoms with Gasteiger partial charge < -0.3 is 10.6 Å². The van der Waals surface area contributed by atoms with Crippen molar-refractivity contribution in [3.8, 4) is 0 Å². The van der Waals surface area contributed by atoms with E-state index in [9.17, 15) is 19.2 Å². The number of carbonyl (C=O) groups excluding carboxylic acids is 2. The van der Waals surface area contributed by atoms with Crippen molar-refractivity contribution in [1.82, 2.24) is 18.9 Å². The number of benzene rings is 2. The van der Waals surface area contributed by atoms with Crippen LogP contribution in [0.15, 0.2) is 64.2 Å². The molecule has 1 aromatic heterocycles. The van der Waals surface area contributed by atoms with Gasteiger partial charge in [-0.05, 0) is 49.4 Å². The van der Waals surface area contributed by atoms with E-state index in [1.54, 1.807) is 6.92 Å². The van der Waals surface area contributed by atoms with Crippen molar-refractivity contribution in [2.24, 2.45) is 0 Å². The molecule has 3 aromatic rings. The number of Topliss-reactive ketones (excluding diaryl/α,β-unsaturated/α-hetero) is 1. The van der Waals surface area contributed by atoms with E-state index < -0.39 is 23.1 Å². The van der Waals surface area contributed by atoms with E-state index in [2.05, 4.69) is 12.1 Å². The summed E-state index contributed by atoms with van der Waals surface area (Å²) in [6, 6.07) is 17.0. The molecular weight excluding hydrogens is 494 g/mol. The monoisotopic (exact) mass is 529 g/mol. The predicted octanol–water partition coefficient (Wildman–Crippen LogP) is 2.28. The zero-order valence-corrected chi connectivity index (χ0v) is 22.3. The summed E-state index contributed by atoms with van der Waals surface area (Å²) in [7, 11) is 0. The Bertz CT molecular complexity index is 1490. The highest BCUT2D eigenvalue weighted by molar-refractivity contribution is 6.01. The van der Waals surface area contributed by atoms with Gasteiger partial charge in [-0.3, -0.25) is 28.4 Å². The molecule has 1 amide bonds. The maximum absolute atomic E-state index is 13.7. The fourth-order valence-electron chi connectivity index (χ4n) is 5.79. The lowest BCUT2D eigenvalue weighted by atomic mass is 9.96. The Balaban J connectivity index is 1.41. The molecule has 2 aliphatic rings. The van der Waals surface area contributed by atoms with Crippen LogP contribution < -0.4 is 17.0 Å². The summed E-state index contributed by atoms with van der Waals surface area (Å²) in [5.41, 5.74) is 8.20. The molecule has 0 saturated carbocycles. The SMILES string of the molecule is CCn1c(=O)c(C(=O)CN2CCCC[C@@H]2C(=O)N2CCc3ccccc3C2)c(N)n(Cc2ccccc2)c1=O. The third kappa shape index (κ3) is 5.31. The highest BCUT2D eigenvalue weighted by Crippen LogP contribution is 2.24. The molecule has 9 nitrogen and oxygen atoms in total. The van der Waals surface area contributed by atoms with Crippen molar-refractivity contribution in [1.29, 1.82) is 0 Å². The van der Waals surface area contributed by atoms with E-state index in [0.717, 1.165) is 35.0 Å². The van der Waals surface area contributed by atoms with Gasteiger partial charge in [-0.2, -0.15) is 0 Å². The van der Waals surface area contributed by atoms with Gasteiger partial charge in [-0.25, -0.2) is 4.79 Å². The number of nitrogens with two attached hydrogens (primary N) is 1. The summed E-state index contributed by atoms with van der Waals surface area (Å²) in [4.78, 5) is 57.5. The molecule has 2 aliphatic heterocycles. The number of aromatic nitrogens is 2. The highest BCUT2D eigenvalue weighted by atomic mass is 16.2. The second-order valence-corrected chi connectivity index (χ2v) is 10.3. The molecule has 5 rings (SSSR count). The van der Waals surface area contributed by atoms with Crippen LogP contribution in [0, 0.1) is 0 Å². The fraction of sp³-hybridized carbons (Fsp3) is 0.400. The number of fused-ring (bicyclic) bond motifs is 1. The maximum atomic E-state index is 13.7. The maximum Gasteiger partial charge on any atom is 0.332 e. The molecule has 0 radical (unpaired) electrons. The molecule has 1 fully saturated rings. The predicted molar refractivity (Wildman–Crippen MR) is 150 cm³/mol. The number of piperidine rings is 1. The Hall–Kier alpha value is -3.98. The van der Waals surface area contributed by atoms with Crippen molar-refractivity contribution in [2.75, 3.05) is 25.4 Å². The average Bonchev–Trinajstić information content (AvgIpc) is 2.96. The lowest BCUT2D eigenvalue weighted by Gasteiger charge is -2.38. The smallest absolute Gasteiger partial charge is 0.332 e. The summed E-state index contributed by atoms with van der Waals surface area (Å²) in [5.74, 6) is -0.578.